The fraction of sp³-hybridized carbons (Fsp3) is 0.533. The molecule has 1 aromatic rings. The first-order valence-corrected chi connectivity index (χ1v) is 6.35. The summed E-state index contributed by atoms with van der Waals surface area (Å²) in [5.74, 6) is 0.467. The maximum atomic E-state index is 11.9. The molecule has 0 heterocycles. The Labute approximate surface area is 103 Å². The highest BCUT2D eigenvalue weighted by Gasteiger charge is 2.61. The van der Waals surface area contributed by atoms with E-state index in [1.165, 1.54) is 5.56 Å². The quantitative estimate of drug-likeness (QED) is 0.745. The van der Waals surface area contributed by atoms with Gasteiger partial charge in [0.1, 0.15) is 0 Å². The topological polar surface area (TPSA) is 26.3 Å². The molecule has 0 aromatic heterocycles. The smallest absolute Gasteiger partial charge is 0.309 e. The Kier molecular flexibility index (Phi) is 3.23. The SMILES string of the molecule is CCOC(=O)[C@@H]1C[C@@]1(c1ccccc1)C(C)C. The van der Waals surface area contributed by atoms with Gasteiger partial charge in [-0.1, -0.05) is 44.2 Å². The maximum absolute atomic E-state index is 11.9. The lowest BCUT2D eigenvalue weighted by molar-refractivity contribution is -0.145. The highest BCUT2D eigenvalue weighted by atomic mass is 16.5. The van der Waals surface area contributed by atoms with Crippen LogP contribution in [0.25, 0.3) is 0 Å². The summed E-state index contributed by atoms with van der Waals surface area (Å²) >= 11 is 0. The van der Waals surface area contributed by atoms with Crippen molar-refractivity contribution in [2.24, 2.45) is 11.8 Å². The molecule has 92 valence electrons. The normalized spacial score (nSPS) is 26.9. The molecule has 1 aliphatic carbocycles. The van der Waals surface area contributed by atoms with E-state index in [1.807, 2.05) is 25.1 Å². The van der Waals surface area contributed by atoms with Gasteiger partial charge >= 0.3 is 5.97 Å². The summed E-state index contributed by atoms with van der Waals surface area (Å²) < 4.78 is 5.15. The van der Waals surface area contributed by atoms with Gasteiger partial charge in [0.2, 0.25) is 0 Å². The number of carbonyl (C=O) groups excluding carboxylic acids is 1. The van der Waals surface area contributed by atoms with E-state index in [0.717, 1.165) is 6.42 Å². The number of benzene rings is 1. The summed E-state index contributed by atoms with van der Waals surface area (Å²) in [4.78, 5) is 11.9. The third kappa shape index (κ3) is 1.97. The molecule has 0 saturated heterocycles. The molecule has 1 aromatic carbocycles. The average Bonchev–Trinajstić information content (AvgIpc) is 3.07. The Morgan fingerprint density at radius 1 is 1.41 bits per heavy atom. The summed E-state index contributed by atoms with van der Waals surface area (Å²) in [5.41, 5.74) is 1.28. The van der Waals surface area contributed by atoms with E-state index in [-0.39, 0.29) is 17.3 Å². The van der Waals surface area contributed by atoms with Crippen molar-refractivity contribution >= 4 is 5.97 Å². The maximum Gasteiger partial charge on any atom is 0.309 e. The molecule has 2 atom stereocenters. The van der Waals surface area contributed by atoms with Crippen LogP contribution in [0.2, 0.25) is 0 Å². The first-order valence-electron chi connectivity index (χ1n) is 6.35. The van der Waals surface area contributed by atoms with Crippen molar-refractivity contribution in [1.29, 1.82) is 0 Å². The minimum Gasteiger partial charge on any atom is -0.466 e. The molecule has 17 heavy (non-hydrogen) atoms. The Bertz CT molecular complexity index is 397. The van der Waals surface area contributed by atoms with E-state index in [2.05, 4.69) is 26.0 Å². The van der Waals surface area contributed by atoms with Gasteiger partial charge in [-0.05, 0) is 24.8 Å². The standard InChI is InChI=1S/C15H20O2/c1-4-17-14(16)13-10-15(13,11(2)3)12-8-6-5-7-9-12/h5-9,11,13H,4,10H2,1-3H3/t13-,15-/m0/s1. The summed E-state index contributed by atoms with van der Waals surface area (Å²) in [5, 5.41) is 0. The summed E-state index contributed by atoms with van der Waals surface area (Å²) in [6.45, 7) is 6.70. The molecular formula is C15H20O2. The Hall–Kier alpha value is -1.31. The van der Waals surface area contributed by atoms with E-state index >= 15 is 0 Å². The van der Waals surface area contributed by atoms with Gasteiger partial charge in [-0.25, -0.2) is 0 Å². The molecule has 2 heteroatoms. The molecule has 1 saturated carbocycles. The second-order valence-electron chi connectivity index (χ2n) is 5.07. The van der Waals surface area contributed by atoms with Crippen molar-refractivity contribution in [1.82, 2.24) is 0 Å². The molecule has 0 aliphatic heterocycles. The van der Waals surface area contributed by atoms with Gasteiger partial charge in [0, 0.05) is 5.41 Å². The third-order valence-corrected chi connectivity index (χ3v) is 3.92. The van der Waals surface area contributed by atoms with Crippen molar-refractivity contribution in [2.75, 3.05) is 6.61 Å². The van der Waals surface area contributed by atoms with Crippen LogP contribution in [-0.2, 0) is 14.9 Å². The summed E-state index contributed by atoms with van der Waals surface area (Å²) in [6, 6.07) is 10.3. The van der Waals surface area contributed by atoms with Crippen molar-refractivity contribution in [3.05, 3.63) is 35.9 Å². The van der Waals surface area contributed by atoms with Crippen molar-refractivity contribution < 1.29 is 9.53 Å². The highest BCUT2D eigenvalue weighted by Crippen LogP contribution is 2.59. The number of ether oxygens (including phenoxy) is 1. The number of esters is 1. The number of hydrogen-bond acceptors (Lipinski definition) is 2. The molecule has 0 radical (unpaired) electrons. The Morgan fingerprint density at radius 3 is 2.59 bits per heavy atom. The molecule has 0 unspecified atom stereocenters. The van der Waals surface area contributed by atoms with Crippen LogP contribution in [0.4, 0.5) is 0 Å². The predicted octanol–water partition coefficient (Wildman–Crippen LogP) is 3.16. The van der Waals surface area contributed by atoms with Gasteiger partial charge in [0.15, 0.2) is 0 Å². The van der Waals surface area contributed by atoms with Crippen LogP contribution < -0.4 is 0 Å². The van der Waals surface area contributed by atoms with Crippen molar-refractivity contribution in [3.8, 4) is 0 Å². The van der Waals surface area contributed by atoms with Crippen LogP contribution in [0.1, 0.15) is 32.8 Å². The molecule has 2 rings (SSSR count). The van der Waals surface area contributed by atoms with E-state index in [4.69, 9.17) is 4.74 Å². The van der Waals surface area contributed by atoms with Gasteiger partial charge in [-0.2, -0.15) is 0 Å². The van der Waals surface area contributed by atoms with Crippen molar-refractivity contribution in [2.45, 2.75) is 32.6 Å². The molecule has 0 bridgehead atoms. The van der Waals surface area contributed by atoms with E-state index in [9.17, 15) is 4.79 Å². The fourth-order valence-corrected chi connectivity index (χ4v) is 2.85. The molecular weight excluding hydrogens is 212 g/mol. The first-order chi connectivity index (χ1) is 8.13. The largest absolute Gasteiger partial charge is 0.466 e. The molecule has 2 nitrogen and oxygen atoms in total. The van der Waals surface area contributed by atoms with Crippen LogP contribution in [0.15, 0.2) is 30.3 Å². The number of hydrogen-bond donors (Lipinski definition) is 0. The summed E-state index contributed by atoms with van der Waals surface area (Å²) in [7, 11) is 0. The van der Waals surface area contributed by atoms with Crippen LogP contribution in [0.5, 0.6) is 0 Å². The van der Waals surface area contributed by atoms with Crippen molar-refractivity contribution in [3.63, 3.8) is 0 Å². The third-order valence-electron chi connectivity index (χ3n) is 3.92. The lowest BCUT2D eigenvalue weighted by Gasteiger charge is -2.22. The zero-order valence-corrected chi connectivity index (χ0v) is 10.8. The van der Waals surface area contributed by atoms with E-state index < -0.39 is 0 Å². The van der Waals surface area contributed by atoms with Gasteiger partial charge in [0.05, 0.1) is 12.5 Å². The second kappa shape index (κ2) is 4.52. The van der Waals surface area contributed by atoms with E-state index in [1.54, 1.807) is 0 Å². The molecule has 1 fully saturated rings. The molecule has 0 N–H and O–H groups in total. The summed E-state index contributed by atoms with van der Waals surface area (Å²) in [6.07, 6.45) is 0.924. The number of rotatable bonds is 4. The van der Waals surface area contributed by atoms with Crippen LogP contribution >= 0.6 is 0 Å². The lowest BCUT2D eigenvalue weighted by Crippen LogP contribution is -2.22. The molecule has 1 aliphatic rings. The predicted molar refractivity (Wildman–Crippen MR) is 67.7 cm³/mol. The Balaban J connectivity index is 2.24. The van der Waals surface area contributed by atoms with Gasteiger partial charge in [0.25, 0.3) is 0 Å². The van der Waals surface area contributed by atoms with Crippen LogP contribution in [0.3, 0.4) is 0 Å². The lowest BCUT2D eigenvalue weighted by atomic mass is 9.83. The zero-order valence-electron chi connectivity index (χ0n) is 10.8. The van der Waals surface area contributed by atoms with Gasteiger partial charge in [-0.15, -0.1) is 0 Å². The van der Waals surface area contributed by atoms with Crippen LogP contribution in [0, 0.1) is 11.8 Å². The van der Waals surface area contributed by atoms with Gasteiger partial charge in [-0.3, -0.25) is 4.79 Å². The highest BCUT2D eigenvalue weighted by molar-refractivity contribution is 5.79. The first kappa shape index (κ1) is 12.2. The average molecular weight is 232 g/mol. The van der Waals surface area contributed by atoms with Crippen LogP contribution in [-0.4, -0.2) is 12.6 Å². The minimum atomic E-state index is -0.0370. The number of carbonyl (C=O) groups is 1. The van der Waals surface area contributed by atoms with Gasteiger partial charge < -0.3 is 4.74 Å². The minimum absolute atomic E-state index is 0.00745. The molecule has 0 spiro atoms. The zero-order chi connectivity index (χ0) is 12.5. The monoisotopic (exact) mass is 232 g/mol. The van der Waals surface area contributed by atoms with E-state index in [0.29, 0.717) is 12.5 Å². The fourth-order valence-electron chi connectivity index (χ4n) is 2.85. The Morgan fingerprint density at radius 2 is 2.06 bits per heavy atom. The molecule has 0 amide bonds. The second-order valence-corrected chi connectivity index (χ2v) is 5.07.